The molecular weight excluding hydrogens is 501 g/mol. The summed E-state index contributed by atoms with van der Waals surface area (Å²) < 4.78 is 48.0. The summed E-state index contributed by atoms with van der Waals surface area (Å²) in [6, 6.07) is 1.32. The molecule has 3 rings (SSSR count). The number of ether oxygens (including phenoxy) is 1. The van der Waals surface area contributed by atoms with Gasteiger partial charge in [-0.15, -0.1) is 0 Å². The first-order chi connectivity index (χ1) is 17.5. The molecule has 0 amide bonds. The van der Waals surface area contributed by atoms with Crippen LogP contribution >= 0.6 is 0 Å². The summed E-state index contributed by atoms with van der Waals surface area (Å²) in [5.74, 6) is -0.593. The Morgan fingerprint density at radius 1 is 1.22 bits per heavy atom. The number of rotatable bonds is 11. The van der Waals surface area contributed by atoms with Crippen molar-refractivity contribution in [1.29, 1.82) is 0 Å². The number of hydrogen-bond donors (Lipinski definition) is 2. The number of esters is 1. The molecule has 1 fully saturated rings. The number of H-pyrrole nitrogens is 1. The standard InChI is InChI=1S/C24H38FN7O4S/c1-7-16-12-18(13-17(8-2)32(16)37(34,35)10-4)31(6)24-26-19(14-36-21(33)9-3)22(25)23(28-24)27-20-11-15(5)29-30-20/h11,16-18H,7-10,12-14H2,1-6H3,(H2,26,27,28,29,30)/t16-,17+,18-. The molecule has 37 heavy (non-hydrogen) atoms. The molecular formula is C24H38FN7O4S. The number of aromatic amines is 1. The van der Waals surface area contributed by atoms with Gasteiger partial charge in [0.2, 0.25) is 16.0 Å². The third kappa shape index (κ3) is 6.56. The topological polar surface area (TPSA) is 133 Å². The first-order valence-electron chi connectivity index (χ1n) is 12.8. The van der Waals surface area contributed by atoms with E-state index in [1.807, 2.05) is 32.7 Å². The molecule has 13 heteroatoms. The largest absolute Gasteiger partial charge is 0.459 e. The van der Waals surface area contributed by atoms with E-state index in [1.54, 1.807) is 24.2 Å². The fourth-order valence-electron chi connectivity index (χ4n) is 4.68. The van der Waals surface area contributed by atoms with Crippen molar-refractivity contribution < 1.29 is 22.3 Å². The fraction of sp³-hybridized carbons (Fsp3) is 0.667. The molecule has 2 N–H and O–H groups in total. The van der Waals surface area contributed by atoms with Gasteiger partial charge in [0.05, 0.1) is 5.75 Å². The first-order valence-corrected chi connectivity index (χ1v) is 14.4. The molecule has 2 aromatic heterocycles. The van der Waals surface area contributed by atoms with Crippen molar-refractivity contribution in [2.75, 3.05) is 23.0 Å². The third-order valence-electron chi connectivity index (χ3n) is 6.82. The van der Waals surface area contributed by atoms with Gasteiger partial charge in [0.15, 0.2) is 17.5 Å². The normalized spacial score (nSPS) is 20.6. The summed E-state index contributed by atoms with van der Waals surface area (Å²) in [5, 5.41) is 9.77. The smallest absolute Gasteiger partial charge is 0.305 e. The zero-order valence-corrected chi connectivity index (χ0v) is 23.2. The lowest BCUT2D eigenvalue weighted by Gasteiger charge is -2.46. The maximum Gasteiger partial charge on any atom is 0.305 e. The molecule has 11 nitrogen and oxygen atoms in total. The summed E-state index contributed by atoms with van der Waals surface area (Å²) in [5.41, 5.74) is 0.731. The summed E-state index contributed by atoms with van der Waals surface area (Å²) in [7, 11) is -1.54. The van der Waals surface area contributed by atoms with Crippen LogP contribution in [0.2, 0.25) is 0 Å². The molecule has 0 radical (unpaired) electrons. The average molecular weight is 540 g/mol. The van der Waals surface area contributed by atoms with Crippen LogP contribution in [-0.2, 0) is 26.2 Å². The van der Waals surface area contributed by atoms with Crippen molar-refractivity contribution in [3.63, 3.8) is 0 Å². The van der Waals surface area contributed by atoms with Crippen molar-refractivity contribution >= 4 is 33.6 Å². The van der Waals surface area contributed by atoms with Crippen molar-refractivity contribution in [2.45, 2.75) is 91.5 Å². The number of aryl methyl sites for hydroxylation is 1. The molecule has 3 heterocycles. The van der Waals surface area contributed by atoms with E-state index < -0.39 is 21.8 Å². The molecule has 1 aliphatic heterocycles. The number of anilines is 3. The molecule has 0 aliphatic carbocycles. The summed E-state index contributed by atoms with van der Waals surface area (Å²) in [4.78, 5) is 22.5. The van der Waals surface area contributed by atoms with Gasteiger partial charge in [-0.1, -0.05) is 20.8 Å². The van der Waals surface area contributed by atoms with Gasteiger partial charge in [0, 0.05) is 43.4 Å². The Bertz CT molecular complexity index is 1180. The van der Waals surface area contributed by atoms with Crippen molar-refractivity contribution in [3.05, 3.63) is 23.3 Å². The fourth-order valence-corrected chi connectivity index (χ4v) is 6.35. The van der Waals surface area contributed by atoms with Gasteiger partial charge in [-0.2, -0.15) is 14.4 Å². The highest BCUT2D eigenvalue weighted by molar-refractivity contribution is 7.89. The minimum Gasteiger partial charge on any atom is -0.459 e. The zero-order chi connectivity index (χ0) is 27.3. The monoisotopic (exact) mass is 539 g/mol. The highest BCUT2D eigenvalue weighted by Gasteiger charge is 2.41. The second-order valence-electron chi connectivity index (χ2n) is 9.30. The molecule has 206 valence electrons. The van der Waals surface area contributed by atoms with Crippen LogP contribution in [0.4, 0.5) is 22.0 Å². The van der Waals surface area contributed by atoms with Crippen LogP contribution in [0.25, 0.3) is 0 Å². The van der Waals surface area contributed by atoms with Crippen molar-refractivity contribution in [1.82, 2.24) is 24.5 Å². The molecule has 3 atom stereocenters. The summed E-state index contributed by atoms with van der Waals surface area (Å²) in [6.45, 7) is 8.79. The number of halogens is 1. The number of piperidine rings is 1. The molecule has 0 saturated carbocycles. The lowest BCUT2D eigenvalue weighted by molar-refractivity contribution is -0.144. The third-order valence-corrected chi connectivity index (χ3v) is 8.79. The summed E-state index contributed by atoms with van der Waals surface area (Å²) in [6.07, 6.45) is 2.69. The molecule has 1 aliphatic rings. The van der Waals surface area contributed by atoms with Crippen LogP contribution in [0, 0.1) is 12.7 Å². The number of sulfonamides is 1. The number of aromatic nitrogens is 4. The van der Waals surface area contributed by atoms with E-state index in [1.165, 1.54) is 0 Å². The van der Waals surface area contributed by atoms with Crippen LogP contribution in [0.15, 0.2) is 6.07 Å². The van der Waals surface area contributed by atoms with Gasteiger partial charge in [0.25, 0.3) is 0 Å². The predicted octanol–water partition coefficient (Wildman–Crippen LogP) is 3.65. The molecule has 0 spiro atoms. The zero-order valence-electron chi connectivity index (χ0n) is 22.4. The van der Waals surface area contributed by atoms with E-state index in [0.29, 0.717) is 31.5 Å². The van der Waals surface area contributed by atoms with Crippen LogP contribution in [0.5, 0.6) is 0 Å². The Kier molecular flexibility index (Phi) is 9.46. The molecule has 0 bridgehead atoms. The van der Waals surface area contributed by atoms with Gasteiger partial charge in [-0.25, -0.2) is 17.8 Å². The Morgan fingerprint density at radius 2 is 1.86 bits per heavy atom. The number of carbonyl (C=O) groups is 1. The Labute approximate surface area is 218 Å². The van der Waals surface area contributed by atoms with Crippen molar-refractivity contribution in [2.24, 2.45) is 0 Å². The van der Waals surface area contributed by atoms with E-state index >= 15 is 4.39 Å². The van der Waals surface area contributed by atoms with Gasteiger partial charge < -0.3 is 15.0 Å². The van der Waals surface area contributed by atoms with Crippen LogP contribution < -0.4 is 10.2 Å². The lowest BCUT2D eigenvalue weighted by atomic mass is 9.90. The molecule has 0 aromatic carbocycles. The average Bonchev–Trinajstić information content (AvgIpc) is 3.31. The second-order valence-corrected chi connectivity index (χ2v) is 11.5. The quantitative estimate of drug-likeness (QED) is 0.410. The van der Waals surface area contributed by atoms with Gasteiger partial charge >= 0.3 is 5.97 Å². The first kappa shape index (κ1) is 28.8. The molecule has 0 unspecified atom stereocenters. The maximum absolute atomic E-state index is 15.4. The number of hydrogen-bond acceptors (Lipinski definition) is 9. The predicted molar refractivity (Wildman–Crippen MR) is 140 cm³/mol. The SMILES string of the molecule is CCC(=O)OCc1nc(N(C)[C@@H]2C[C@@H](CC)N(S(=O)(=O)CC)[C@@H](CC)C2)nc(Nc2cc(C)[nH]n2)c1F. The number of nitrogens with zero attached hydrogens (tertiary/aromatic N) is 5. The highest BCUT2D eigenvalue weighted by Crippen LogP contribution is 2.34. The Hall–Kier alpha value is -2.80. The Morgan fingerprint density at radius 3 is 2.38 bits per heavy atom. The number of carbonyl (C=O) groups excluding carboxylic acids is 1. The summed E-state index contributed by atoms with van der Waals surface area (Å²) >= 11 is 0. The van der Waals surface area contributed by atoms with E-state index in [-0.39, 0.29) is 54.4 Å². The van der Waals surface area contributed by atoms with E-state index in [9.17, 15) is 13.2 Å². The van der Waals surface area contributed by atoms with E-state index in [4.69, 9.17) is 4.74 Å². The van der Waals surface area contributed by atoms with Crippen LogP contribution in [0.3, 0.4) is 0 Å². The molecule has 2 aromatic rings. The lowest BCUT2D eigenvalue weighted by Crippen LogP contribution is -2.56. The van der Waals surface area contributed by atoms with Gasteiger partial charge in [-0.3, -0.25) is 9.89 Å². The number of nitrogens with one attached hydrogen (secondary N) is 2. The highest BCUT2D eigenvalue weighted by atomic mass is 32.2. The Balaban J connectivity index is 1.96. The molecule has 1 saturated heterocycles. The van der Waals surface area contributed by atoms with Crippen LogP contribution in [0.1, 0.15) is 71.2 Å². The van der Waals surface area contributed by atoms with Crippen molar-refractivity contribution in [3.8, 4) is 0 Å². The van der Waals surface area contributed by atoms with E-state index in [2.05, 4.69) is 25.5 Å². The minimum atomic E-state index is -3.36. The maximum atomic E-state index is 15.4. The van der Waals surface area contributed by atoms with Crippen LogP contribution in [-0.4, -0.2) is 69.8 Å². The van der Waals surface area contributed by atoms with Gasteiger partial charge in [-0.05, 0) is 39.5 Å². The van der Waals surface area contributed by atoms with E-state index in [0.717, 1.165) is 5.69 Å². The second kappa shape index (κ2) is 12.2. The van der Waals surface area contributed by atoms with Gasteiger partial charge in [0.1, 0.15) is 12.3 Å². The minimum absolute atomic E-state index is 0.0570.